The summed E-state index contributed by atoms with van der Waals surface area (Å²) >= 11 is 0. The number of aliphatic hydroxyl groups is 1. The van der Waals surface area contributed by atoms with E-state index in [-0.39, 0.29) is 6.61 Å². The van der Waals surface area contributed by atoms with Gasteiger partial charge in [0.25, 0.3) is 0 Å². The second-order valence-electron chi connectivity index (χ2n) is 8.03. The van der Waals surface area contributed by atoms with Gasteiger partial charge in [0.15, 0.2) is 0 Å². The minimum atomic E-state index is -0.982. The lowest BCUT2D eigenvalue weighted by molar-refractivity contribution is -0.529. The van der Waals surface area contributed by atoms with Gasteiger partial charge in [0, 0.05) is 6.42 Å². The molecular formula is C20H42O5. The van der Waals surface area contributed by atoms with Crippen LogP contribution in [0.3, 0.4) is 0 Å². The third-order valence-electron chi connectivity index (χ3n) is 4.69. The summed E-state index contributed by atoms with van der Waals surface area (Å²) in [5.74, 6) is -0.682. The smallest absolute Gasteiger partial charge is 0.231 e. The molecule has 5 heteroatoms. The fraction of sp³-hybridized carbons (Fsp3) is 1.00. The van der Waals surface area contributed by atoms with Crippen LogP contribution in [-0.4, -0.2) is 29.2 Å². The number of aliphatic hydroxyl groups excluding tert-OH is 1. The first-order chi connectivity index (χ1) is 11.7. The van der Waals surface area contributed by atoms with Crippen LogP contribution < -0.4 is 0 Å². The van der Waals surface area contributed by atoms with E-state index in [0.29, 0.717) is 12.3 Å². The molecule has 0 saturated heterocycles. The summed E-state index contributed by atoms with van der Waals surface area (Å²) in [7, 11) is 0. The number of hydrogen-bond donors (Lipinski definition) is 1. The van der Waals surface area contributed by atoms with Crippen molar-refractivity contribution in [1.82, 2.24) is 0 Å². The standard InChI is InChI=1S/C20H42O5/c1-8-10-12-14-18(21)16-22-24-20(7,15-13-11-9-2)25-23-19(5,6)17(3)4/h17-18,21H,8-16H2,1-7H3. The van der Waals surface area contributed by atoms with Crippen molar-refractivity contribution in [2.75, 3.05) is 6.61 Å². The molecular weight excluding hydrogens is 320 g/mol. The van der Waals surface area contributed by atoms with Crippen LogP contribution in [0.1, 0.15) is 99.8 Å². The highest BCUT2D eigenvalue weighted by Gasteiger charge is 2.34. The van der Waals surface area contributed by atoms with Gasteiger partial charge in [-0.15, -0.1) is 0 Å². The summed E-state index contributed by atoms with van der Waals surface area (Å²) in [6, 6.07) is 0. The first-order valence-electron chi connectivity index (χ1n) is 10.0. The molecule has 0 amide bonds. The van der Waals surface area contributed by atoms with Gasteiger partial charge >= 0.3 is 0 Å². The van der Waals surface area contributed by atoms with Gasteiger partial charge in [0.05, 0.1) is 6.10 Å². The van der Waals surface area contributed by atoms with Crippen LogP contribution in [0.2, 0.25) is 0 Å². The van der Waals surface area contributed by atoms with Crippen molar-refractivity contribution in [3.63, 3.8) is 0 Å². The molecule has 25 heavy (non-hydrogen) atoms. The monoisotopic (exact) mass is 362 g/mol. The van der Waals surface area contributed by atoms with E-state index < -0.39 is 17.5 Å². The Hall–Kier alpha value is -0.200. The van der Waals surface area contributed by atoms with Crippen LogP contribution in [0.5, 0.6) is 0 Å². The van der Waals surface area contributed by atoms with Crippen LogP contribution in [0.25, 0.3) is 0 Å². The van der Waals surface area contributed by atoms with Crippen molar-refractivity contribution < 1.29 is 24.7 Å². The summed E-state index contributed by atoms with van der Waals surface area (Å²) < 4.78 is 0. The molecule has 0 spiro atoms. The third kappa shape index (κ3) is 11.9. The van der Waals surface area contributed by atoms with Gasteiger partial charge in [-0.2, -0.15) is 9.78 Å². The molecule has 1 N–H and O–H groups in total. The Balaban J connectivity index is 4.44. The first-order valence-corrected chi connectivity index (χ1v) is 10.0. The van der Waals surface area contributed by atoms with Crippen molar-refractivity contribution in [1.29, 1.82) is 0 Å². The van der Waals surface area contributed by atoms with E-state index in [1.807, 2.05) is 20.8 Å². The second-order valence-corrected chi connectivity index (χ2v) is 8.03. The predicted molar refractivity (Wildman–Crippen MR) is 101 cm³/mol. The molecule has 0 aromatic heterocycles. The Kier molecular flexibility index (Phi) is 12.9. The van der Waals surface area contributed by atoms with Crippen LogP contribution in [0, 0.1) is 5.92 Å². The van der Waals surface area contributed by atoms with Gasteiger partial charge in [-0.05, 0) is 39.5 Å². The van der Waals surface area contributed by atoms with Gasteiger partial charge in [-0.3, -0.25) is 0 Å². The Morgan fingerprint density at radius 3 is 2.00 bits per heavy atom. The number of hydrogen-bond acceptors (Lipinski definition) is 5. The molecule has 152 valence electrons. The molecule has 0 aliphatic rings. The van der Waals surface area contributed by atoms with Crippen molar-refractivity contribution in [3.05, 3.63) is 0 Å². The van der Waals surface area contributed by atoms with Gasteiger partial charge < -0.3 is 5.11 Å². The minimum Gasteiger partial charge on any atom is -0.391 e. The quantitative estimate of drug-likeness (QED) is 0.169. The van der Waals surface area contributed by atoms with E-state index in [2.05, 4.69) is 27.7 Å². The molecule has 0 fully saturated rings. The summed E-state index contributed by atoms with van der Waals surface area (Å²) in [5.41, 5.74) is -0.422. The van der Waals surface area contributed by atoms with Crippen LogP contribution >= 0.6 is 0 Å². The fourth-order valence-electron chi connectivity index (χ4n) is 2.04. The lowest BCUT2D eigenvalue weighted by atomic mass is 9.95. The minimum absolute atomic E-state index is 0.143. The highest BCUT2D eigenvalue weighted by Crippen LogP contribution is 2.28. The Morgan fingerprint density at radius 2 is 1.44 bits per heavy atom. The van der Waals surface area contributed by atoms with E-state index in [1.165, 1.54) is 0 Å². The van der Waals surface area contributed by atoms with Gasteiger partial charge in [0.2, 0.25) is 5.79 Å². The molecule has 0 saturated carbocycles. The van der Waals surface area contributed by atoms with Crippen molar-refractivity contribution in [3.8, 4) is 0 Å². The SMILES string of the molecule is CCCCCC(O)COOC(C)(CCCCC)OOC(C)(C)C(C)C. The molecule has 0 radical (unpaired) electrons. The number of rotatable bonds is 16. The summed E-state index contributed by atoms with van der Waals surface area (Å²) in [6.45, 7) is 14.4. The molecule has 2 unspecified atom stereocenters. The Bertz CT molecular complexity index is 319. The maximum Gasteiger partial charge on any atom is 0.231 e. The summed E-state index contributed by atoms with van der Waals surface area (Å²) in [6.07, 6.45) is 7.30. The molecule has 0 rings (SSSR count). The molecule has 5 nitrogen and oxygen atoms in total. The highest BCUT2D eigenvalue weighted by molar-refractivity contribution is 4.71. The average Bonchev–Trinajstić information content (AvgIpc) is 2.54. The molecule has 0 bridgehead atoms. The van der Waals surface area contributed by atoms with Crippen molar-refractivity contribution >= 4 is 0 Å². The summed E-state index contributed by atoms with van der Waals surface area (Å²) in [4.78, 5) is 22.1. The van der Waals surface area contributed by atoms with E-state index in [1.54, 1.807) is 0 Å². The zero-order valence-electron chi connectivity index (χ0n) is 17.6. The lowest BCUT2D eigenvalue weighted by Gasteiger charge is -2.34. The molecule has 0 aliphatic carbocycles. The van der Waals surface area contributed by atoms with E-state index >= 15 is 0 Å². The maximum atomic E-state index is 9.94. The largest absolute Gasteiger partial charge is 0.391 e. The normalized spacial score (nSPS) is 16.2. The third-order valence-corrected chi connectivity index (χ3v) is 4.69. The zero-order valence-corrected chi connectivity index (χ0v) is 17.6. The van der Waals surface area contributed by atoms with Crippen LogP contribution in [0.4, 0.5) is 0 Å². The predicted octanol–water partition coefficient (Wildman–Crippen LogP) is 5.56. The molecule has 0 aromatic carbocycles. The molecule has 0 heterocycles. The summed E-state index contributed by atoms with van der Waals surface area (Å²) in [5, 5.41) is 9.94. The van der Waals surface area contributed by atoms with E-state index in [0.717, 1.165) is 44.9 Å². The van der Waals surface area contributed by atoms with Crippen molar-refractivity contribution in [2.24, 2.45) is 5.92 Å². The first kappa shape index (κ1) is 24.8. The zero-order chi connectivity index (χ0) is 19.3. The second kappa shape index (κ2) is 13.0. The average molecular weight is 363 g/mol. The lowest BCUT2D eigenvalue weighted by Crippen LogP contribution is -2.40. The molecule has 0 aliphatic heterocycles. The van der Waals surface area contributed by atoms with E-state index in [9.17, 15) is 5.11 Å². The van der Waals surface area contributed by atoms with Gasteiger partial charge in [-0.1, -0.05) is 59.8 Å². The molecule has 2 atom stereocenters. The van der Waals surface area contributed by atoms with Crippen LogP contribution in [-0.2, 0) is 19.6 Å². The Morgan fingerprint density at radius 1 is 0.840 bits per heavy atom. The van der Waals surface area contributed by atoms with Gasteiger partial charge in [0.1, 0.15) is 12.2 Å². The van der Waals surface area contributed by atoms with Gasteiger partial charge in [-0.25, -0.2) is 9.78 Å². The van der Waals surface area contributed by atoms with Crippen LogP contribution in [0.15, 0.2) is 0 Å². The topological polar surface area (TPSA) is 57.2 Å². The number of unbranched alkanes of at least 4 members (excludes halogenated alkanes) is 4. The van der Waals surface area contributed by atoms with E-state index in [4.69, 9.17) is 19.6 Å². The highest BCUT2D eigenvalue weighted by atomic mass is 17.3. The fourth-order valence-corrected chi connectivity index (χ4v) is 2.04. The molecule has 0 aromatic rings. The Labute approximate surface area is 155 Å². The maximum absolute atomic E-state index is 9.94. The van der Waals surface area contributed by atoms with Crippen molar-refractivity contribution in [2.45, 2.75) is 117 Å².